The van der Waals surface area contributed by atoms with E-state index in [1.54, 1.807) is 12.1 Å². The average molecular weight is 245 g/mol. The Morgan fingerprint density at radius 3 is 2.72 bits per heavy atom. The standard InChI is InChI=1S/C14H19N3O/c1-2-14(8-4-3-5-9-14)17-13(18)12-7-6-11(10-15)16-12/h6-7,16H,2-5,8-9H2,1H3,(H,17,18). The number of nitriles is 1. The van der Waals surface area contributed by atoms with Gasteiger partial charge in [-0.1, -0.05) is 26.2 Å². The van der Waals surface area contributed by atoms with Crippen molar-refractivity contribution in [1.29, 1.82) is 5.26 Å². The molecule has 4 nitrogen and oxygen atoms in total. The molecule has 0 radical (unpaired) electrons. The molecule has 1 amide bonds. The molecule has 2 rings (SSSR count). The van der Waals surface area contributed by atoms with E-state index >= 15 is 0 Å². The van der Waals surface area contributed by atoms with E-state index in [2.05, 4.69) is 17.2 Å². The van der Waals surface area contributed by atoms with Crippen LogP contribution in [0.3, 0.4) is 0 Å². The van der Waals surface area contributed by atoms with Crippen LogP contribution in [0.25, 0.3) is 0 Å². The van der Waals surface area contributed by atoms with Crippen LogP contribution >= 0.6 is 0 Å². The molecule has 1 fully saturated rings. The third-order valence-corrected chi connectivity index (χ3v) is 3.92. The number of aromatic nitrogens is 1. The number of hydrogen-bond donors (Lipinski definition) is 2. The van der Waals surface area contributed by atoms with Crippen LogP contribution in [0, 0.1) is 11.3 Å². The molecule has 0 atom stereocenters. The van der Waals surface area contributed by atoms with Crippen LogP contribution in [0.2, 0.25) is 0 Å². The monoisotopic (exact) mass is 245 g/mol. The molecule has 0 saturated heterocycles. The minimum absolute atomic E-state index is 0.0484. The topological polar surface area (TPSA) is 68.7 Å². The summed E-state index contributed by atoms with van der Waals surface area (Å²) >= 11 is 0. The number of hydrogen-bond acceptors (Lipinski definition) is 2. The van der Waals surface area contributed by atoms with E-state index in [0.717, 1.165) is 19.3 Å². The van der Waals surface area contributed by atoms with Gasteiger partial charge in [0.25, 0.3) is 5.91 Å². The summed E-state index contributed by atoms with van der Waals surface area (Å²) in [5.74, 6) is -0.0970. The lowest BCUT2D eigenvalue weighted by Crippen LogP contribution is -2.49. The Bertz CT molecular complexity index is 464. The van der Waals surface area contributed by atoms with E-state index in [4.69, 9.17) is 5.26 Å². The van der Waals surface area contributed by atoms with E-state index < -0.39 is 0 Å². The number of carbonyl (C=O) groups is 1. The number of nitrogens with one attached hydrogen (secondary N) is 2. The number of amides is 1. The maximum atomic E-state index is 12.2. The summed E-state index contributed by atoms with van der Waals surface area (Å²) in [4.78, 5) is 15.0. The van der Waals surface area contributed by atoms with Gasteiger partial charge in [-0.25, -0.2) is 0 Å². The molecule has 96 valence electrons. The second-order valence-electron chi connectivity index (χ2n) is 5.05. The Morgan fingerprint density at radius 2 is 2.17 bits per heavy atom. The zero-order valence-corrected chi connectivity index (χ0v) is 10.8. The summed E-state index contributed by atoms with van der Waals surface area (Å²) in [5.41, 5.74) is 0.854. The van der Waals surface area contributed by atoms with Crippen molar-refractivity contribution in [3.05, 3.63) is 23.5 Å². The molecule has 1 heterocycles. The fraction of sp³-hybridized carbons (Fsp3) is 0.571. The van der Waals surface area contributed by atoms with Gasteiger partial charge in [0.2, 0.25) is 0 Å². The first-order valence-corrected chi connectivity index (χ1v) is 6.61. The van der Waals surface area contributed by atoms with E-state index in [-0.39, 0.29) is 11.4 Å². The van der Waals surface area contributed by atoms with Crippen molar-refractivity contribution in [2.75, 3.05) is 0 Å². The summed E-state index contributed by atoms with van der Waals surface area (Å²) in [7, 11) is 0. The van der Waals surface area contributed by atoms with Crippen molar-refractivity contribution in [3.8, 4) is 6.07 Å². The Hall–Kier alpha value is -1.76. The van der Waals surface area contributed by atoms with Crippen LogP contribution in [0.15, 0.2) is 12.1 Å². The fourth-order valence-corrected chi connectivity index (χ4v) is 2.70. The molecule has 0 spiro atoms. The first-order valence-electron chi connectivity index (χ1n) is 6.61. The summed E-state index contributed by atoms with van der Waals surface area (Å²) in [6.45, 7) is 2.13. The molecular formula is C14H19N3O. The van der Waals surface area contributed by atoms with Crippen molar-refractivity contribution in [2.45, 2.75) is 51.0 Å². The summed E-state index contributed by atoms with van der Waals surface area (Å²) in [6, 6.07) is 5.29. The molecule has 1 saturated carbocycles. The second-order valence-corrected chi connectivity index (χ2v) is 5.05. The summed E-state index contributed by atoms with van der Waals surface area (Å²) in [6.07, 6.45) is 6.70. The van der Waals surface area contributed by atoms with Crippen LogP contribution in [0.5, 0.6) is 0 Å². The Kier molecular flexibility index (Phi) is 3.71. The van der Waals surface area contributed by atoms with Crippen molar-refractivity contribution in [2.24, 2.45) is 0 Å². The largest absolute Gasteiger partial charge is 0.345 e. The number of H-pyrrole nitrogens is 1. The van der Waals surface area contributed by atoms with E-state index in [1.807, 2.05) is 6.07 Å². The van der Waals surface area contributed by atoms with Crippen LogP contribution in [0.4, 0.5) is 0 Å². The highest BCUT2D eigenvalue weighted by atomic mass is 16.2. The SMILES string of the molecule is CCC1(NC(=O)c2ccc(C#N)[nH]2)CCCCC1. The highest BCUT2D eigenvalue weighted by Crippen LogP contribution is 2.31. The van der Waals surface area contributed by atoms with Crippen molar-refractivity contribution >= 4 is 5.91 Å². The zero-order valence-electron chi connectivity index (χ0n) is 10.8. The van der Waals surface area contributed by atoms with Crippen molar-refractivity contribution < 1.29 is 4.79 Å². The van der Waals surface area contributed by atoms with Crippen LogP contribution in [0.1, 0.15) is 61.6 Å². The van der Waals surface area contributed by atoms with Crippen molar-refractivity contribution in [1.82, 2.24) is 10.3 Å². The number of aromatic amines is 1. The van der Waals surface area contributed by atoms with Gasteiger partial charge in [-0.15, -0.1) is 0 Å². The predicted molar refractivity (Wildman–Crippen MR) is 69.1 cm³/mol. The minimum Gasteiger partial charge on any atom is -0.345 e. The highest BCUT2D eigenvalue weighted by molar-refractivity contribution is 5.93. The molecule has 0 bridgehead atoms. The molecule has 1 aromatic rings. The van der Waals surface area contributed by atoms with Gasteiger partial charge in [-0.2, -0.15) is 5.26 Å². The molecular weight excluding hydrogens is 226 g/mol. The van der Waals surface area contributed by atoms with Crippen LogP contribution in [-0.2, 0) is 0 Å². The van der Waals surface area contributed by atoms with Gasteiger partial charge in [-0.3, -0.25) is 4.79 Å². The second kappa shape index (κ2) is 5.26. The number of carbonyl (C=O) groups excluding carboxylic acids is 1. The minimum atomic E-state index is -0.0970. The molecule has 1 aliphatic carbocycles. The fourth-order valence-electron chi connectivity index (χ4n) is 2.70. The van der Waals surface area contributed by atoms with Gasteiger partial charge >= 0.3 is 0 Å². The van der Waals surface area contributed by atoms with Gasteiger partial charge < -0.3 is 10.3 Å². The molecule has 0 aromatic carbocycles. The lowest BCUT2D eigenvalue weighted by Gasteiger charge is -2.37. The summed E-state index contributed by atoms with van der Waals surface area (Å²) < 4.78 is 0. The van der Waals surface area contributed by atoms with Crippen LogP contribution in [-0.4, -0.2) is 16.4 Å². The Balaban J connectivity index is 2.07. The quantitative estimate of drug-likeness (QED) is 0.859. The molecule has 18 heavy (non-hydrogen) atoms. The maximum absolute atomic E-state index is 12.2. The first kappa shape index (κ1) is 12.7. The zero-order chi connectivity index (χ0) is 13.0. The van der Waals surface area contributed by atoms with Gasteiger partial charge in [0, 0.05) is 5.54 Å². The van der Waals surface area contributed by atoms with E-state index in [0.29, 0.717) is 11.4 Å². The Morgan fingerprint density at radius 1 is 1.44 bits per heavy atom. The van der Waals surface area contributed by atoms with Crippen molar-refractivity contribution in [3.63, 3.8) is 0 Å². The van der Waals surface area contributed by atoms with Gasteiger partial charge in [0.1, 0.15) is 17.5 Å². The predicted octanol–water partition coefficient (Wildman–Crippen LogP) is 2.73. The molecule has 0 aliphatic heterocycles. The third-order valence-electron chi connectivity index (χ3n) is 3.92. The first-order chi connectivity index (χ1) is 8.69. The average Bonchev–Trinajstić information content (AvgIpc) is 2.88. The molecule has 1 aliphatic rings. The van der Waals surface area contributed by atoms with Crippen LogP contribution < -0.4 is 5.32 Å². The third kappa shape index (κ3) is 2.56. The molecule has 2 N–H and O–H groups in total. The summed E-state index contributed by atoms with van der Waals surface area (Å²) in [5, 5.41) is 11.9. The lowest BCUT2D eigenvalue weighted by molar-refractivity contribution is 0.0860. The Labute approximate surface area is 107 Å². The van der Waals surface area contributed by atoms with Gasteiger partial charge in [0.05, 0.1) is 0 Å². The lowest BCUT2D eigenvalue weighted by atomic mass is 9.79. The molecule has 0 unspecified atom stereocenters. The molecule has 4 heteroatoms. The van der Waals surface area contributed by atoms with Gasteiger partial charge in [0.15, 0.2) is 0 Å². The highest BCUT2D eigenvalue weighted by Gasteiger charge is 2.32. The normalized spacial score (nSPS) is 18.0. The van der Waals surface area contributed by atoms with E-state index in [1.165, 1.54) is 19.3 Å². The molecule has 1 aromatic heterocycles. The smallest absolute Gasteiger partial charge is 0.268 e. The van der Waals surface area contributed by atoms with E-state index in [9.17, 15) is 4.79 Å². The number of nitrogens with zero attached hydrogens (tertiary/aromatic N) is 1. The number of rotatable bonds is 3. The maximum Gasteiger partial charge on any atom is 0.268 e. The van der Waals surface area contributed by atoms with Gasteiger partial charge in [-0.05, 0) is 31.4 Å².